The number of hydrogen-bond donors (Lipinski definition) is 1. The fourth-order valence-corrected chi connectivity index (χ4v) is 2.32. The Bertz CT molecular complexity index is 420. The van der Waals surface area contributed by atoms with Crippen LogP contribution in [0.3, 0.4) is 0 Å². The van der Waals surface area contributed by atoms with Crippen molar-refractivity contribution in [2.75, 3.05) is 6.26 Å². The second-order valence-corrected chi connectivity index (χ2v) is 3.78. The van der Waals surface area contributed by atoms with Crippen LogP contribution in [-0.2, 0) is 6.42 Å². The van der Waals surface area contributed by atoms with Crippen LogP contribution in [-0.4, -0.2) is 16.5 Å². The molecule has 0 aliphatic heterocycles. The normalized spacial score (nSPS) is 10.9. The summed E-state index contributed by atoms with van der Waals surface area (Å²) in [4.78, 5) is 1.36. The van der Waals surface area contributed by atoms with E-state index >= 15 is 0 Å². The number of rotatable bonds is 2. The second-order valence-electron chi connectivity index (χ2n) is 2.93. The number of aromatic nitrogens is 2. The van der Waals surface area contributed by atoms with E-state index in [1.165, 1.54) is 15.8 Å². The molecular weight excluding hydrogens is 180 g/mol. The van der Waals surface area contributed by atoms with Crippen LogP contribution in [0.1, 0.15) is 12.5 Å². The molecule has 0 spiro atoms. The molecule has 13 heavy (non-hydrogen) atoms. The SMILES string of the molecule is CCc1c(SC)ccc2[nH]ncc12. The molecule has 0 fully saturated rings. The van der Waals surface area contributed by atoms with E-state index in [0.29, 0.717) is 0 Å². The number of thioether (sulfide) groups is 1. The van der Waals surface area contributed by atoms with Crippen molar-refractivity contribution in [2.45, 2.75) is 18.2 Å². The van der Waals surface area contributed by atoms with Crippen LogP contribution in [0.15, 0.2) is 23.2 Å². The van der Waals surface area contributed by atoms with Crippen molar-refractivity contribution >= 4 is 22.7 Å². The first-order valence-electron chi connectivity index (χ1n) is 4.35. The number of aromatic amines is 1. The summed E-state index contributed by atoms with van der Waals surface area (Å²) in [5, 5.41) is 8.30. The fourth-order valence-electron chi connectivity index (χ4n) is 1.61. The first-order valence-corrected chi connectivity index (χ1v) is 5.58. The van der Waals surface area contributed by atoms with E-state index in [2.05, 4.69) is 35.5 Å². The molecule has 0 saturated carbocycles. The van der Waals surface area contributed by atoms with Crippen molar-refractivity contribution in [2.24, 2.45) is 0 Å². The monoisotopic (exact) mass is 192 g/mol. The Morgan fingerprint density at radius 2 is 2.31 bits per heavy atom. The number of H-pyrrole nitrogens is 1. The van der Waals surface area contributed by atoms with Gasteiger partial charge in [0.25, 0.3) is 0 Å². The van der Waals surface area contributed by atoms with E-state index in [-0.39, 0.29) is 0 Å². The van der Waals surface area contributed by atoms with Crippen LogP contribution in [0.25, 0.3) is 10.9 Å². The highest BCUT2D eigenvalue weighted by Crippen LogP contribution is 2.27. The molecule has 1 aromatic carbocycles. The Labute approximate surface area is 81.7 Å². The Balaban J connectivity index is 2.74. The number of hydrogen-bond acceptors (Lipinski definition) is 2. The molecular formula is C10H12N2S. The molecule has 0 bridgehead atoms. The zero-order valence-corrected chi connectivity index (χ0v) is 8.61. The van der Waals surface area contributed by atoms with Gasteiger partial charge in [0.15, 0.2) is 0 Å². The third-order valence-electron chi connectivity index (χ3n) is 2.27. The average Bonchev–Trinajstić information content (AvgIpc) is 2.63. The van der Waals surface area contributed by atoms with Crippen molar-refractivity contribution in [3.8, 4) is 0 Å². The standard InChI is InChI=1S/C10H12N2S/c1-3-7-8-6-11-12-9(8)4-5-10(7)13-2/h4-6H,3H2,1-2H3,(H,11,12). The van der Waals surface area contributed by atoms with Gasteiger partial charge < -0.3 is 0 Å². The van der Waals surface area contributed by atoms with Gasteiger partial charge in [-0.15, -0.1) is 11.8 Å². The highest BCUT2D eigenvalue weighted by molar-refractivity contribution is 7.98. The van der Waals surface area contributed by atoms with Gasteiger partial charge in [-0.3, -0.25) is 5.10 Å². The van der Waals surface area contributed by atoms with Gasteiger partial charge in [0.1, 0.15) is 0 Å². The third kappa shape index (κ3) is 1.33. The second kappa shape index (κ2) is 3.42. The predicted octanol–water partition coefficient (Wildman–Crippen LogP) is 2.85. The van der Waals surface area contributed by atoms with Crippen molar-refractivity contribution in [1.82, 2.24) is 10.2 Å². The van der Waals surface area contributed by atoms with Crippen molar-refractivity contribution in [1.29, 1.82) is 0 Å². The molecule has 0 amide bonds. The summed E-state index contributed by atoms with van der Waals surface area (Å²) in [6.45, 7) is 2.18. The largest absolute Gasteiger partial charge is 0.278 e. The summed E-state index contributed by atoms with van der Waals surface area (Å²) in [6.07, 6.45) is 5.08. The van der Waals surface area contributed by atoms with E-state index in [1.807, 2.05) is 6.20 Å². The lowest BCUT2D eigenvalue weighted by atomic mass is 10.1. The molecule has 0 unspecified atom stereocenters. The minimum atomic E-state index is 1.06. The van der Waals surface area contributed by atoms with Gasteiger partial charge in [0, 0.05) is 10.3 Å². The zero-order valence-electron chi connectivity index (χ0n) is 7.79. The molecule has 1 heterocycles. The number of nitrogens with zero attached hydrogens (tertiary/aromatic N) is 1. The Kier molecular flexibility index (Phi) is 2.27. The van der Waals surface area contributed by atoms with Crippen molar-refractivity contribution < 1.29 is 0 Å². The van der Waals surface area contributed by atoms with Gasteiger partial charge in [0.05, 0.1) is 11.7 Å². The van der Waals surface area contributed by atoms with E-state index in [4.69, 9.17) is 0 Å². The molecule has 2 aromatic rings. The molecule has 0 atom stereocenters. The maximum Gasteiger partial charge on any atom is 0.0653 e. The highest BCUT2D eigenvalue weighted by atomic mass is 32.2. The van der Waals surface area contributed by atoms with Gasteiger partial charge in [0.2, 0.25) is 0 Å². The third-order valence-corrected chi connectivity index (χ3v) is 3.09. The summed E-state index contributed by atoms with van der Waals surface area (Å²) >= 11 is 1.80. The van der Waals surface area contributed by atoms with Crippen LogP contribution < -0.4 is 0 Å². The smallest absolute Gasteiger partial charge is 0.0653 e. The van der Waals surface area contributed by atoms with E-state index in [1.54, 1.807) is 11.8 Å². The lowest BCUT2D eigenvalue weighted by Crippen LogP contribution is -1.85. The van der Waals surface area contributed by atoms with E-state index in [0.717, 1.165) is 11.9 Å². The lowest BCUT2D eigenvalue weighted by molar-refractivity contribution is 1.11. The summed E-state index contributed by atoms with van der Waals surface area (Å²) < 4.78 is 0. The van der Waals surface area contributed by atoms with Crippen LogP contribution in [0.2, 0.25) is 0 Å². The van der Waals surface area contributed by atoms with E-state index < -0.39 is 0 Å². The molecule has 0 radical (unpaired) electrons. The molecule has 0 saturated heterocycles. The average molecular weight is 192 g/mol. The van der Waals surface area contributed by atoms with Gasteiger partial charge in [-0.25, -0.2) is 0 Å². The van der Waals surface area contributed by atoms with Gasteiger partial charge in [-0.1, -0.05) is 6.92 Å². The molecule has 1 aromatic heterocycles. The minimum absolute atomic E-state index is 1.06. The van der Waals surface area contributed by atoms with Crippen molar-refractivity contribution in [3.63, 3.8) is 0 Å². The first kappa shape index (κ1) is 8.63. The quantitative estimate of drug-likeness (QED) is 0.741. The Morgan fingerprint density at radius 1 is 1.46 bits per heavy atom. The predicted molar refractivity (Wildman–Crippen MR) is 57.3 cm³/mol. The fraction of sp³-hybridized carbons (Fsp3) is 0.300. The molecule has 0 aliphatic rings. The van der Waals surface area contributed by atoms with Crippen molar-refractivity contribution in [3.05, 3.63) is 23.9 Å². The first-order chi connectivity index (χ1) is 6.36. The number of aryl methyl sites for hydroxylation is 1. The maximum atomic E-state index is 4.05. The highest BCUT2D eigenvalue weighted by Gasteiger charge is 2.05. The molecule has 1 N–H and O–H groups in total. The Morgan fingerprint density at radius 3 is 3.00 bits per heavy atom. The lowest BCUT2D eigenvalue weighted by Gasteiger charge is -2.05. The van der Waals surface area contributed by atoms with E-state index in [9.17, 15) is 0 Å². The molecule has 2 nitrogen and oxygen atoms in total. The van der Waals surface area contributed by atoms with Crippen LogP contribution in [0.5, 0.6) is 0 Å². The summed E-state index contributed by atoms with van der Waals surface area (Å²) in [5.74, 6) is 0. The van der Waals surface area contributed by atoms with Gasteiger partial charge in [-0.2, -0.15) is 5.10 Å². The van der Waals surface area contributed by atoms with Crippen LogP contribution >= 0.6 is 11.8 Å². The molecule has 2 rings (SSSR count). The molecule has 3 heteroatoms. The maximum absolute atomic E-state index is 4.05. The summed E-state index contributed by atoms with van der Waals surface area (Å²) in [7, 11) is 0. The van der Waals surface area contributed by atoms with Gasteiger partial charge >= 0.3 is 0 Å². The summed E-state index contributed by atoms with van der Waals surface area (Å²) in [6, 6.07) is 4.25. The van der Waals surface area contributed by atoms with Crippen LogP contribution in [0, 0.1) is 0 Å². The van der Waals surface area contributed by atoms with Crippen LogP contribution in [0.4, 0.5) is 0 Å². The summed E-state index contributed by atoms with van der Waals surface area (Å²) in [5.41, 5.74) is 2.54. The minimum Gasteiger partial charge on any atom is -0.278 e. The van der Waals surface area contributed by atoms with Gasteiger partial charge in [-0.05, 0) is 30.4 Å². The number of benzene rings is 1. The topological polar surface area (TPSA) is 28.7 Å². The molecule has 68 valence electrons. The number of fused-ring (bicyclic) bond motifs is 1. The number of nitrogens with one attached hydrogen (secondary N) is 1. The Hall–Kier alpha value is -0.960. The zero-order chi connectivity index (χ0) is 9.26. The molecule has 0 aliphatic carbocycles.